The van der Waals surface area contributed by atoms with Gasteiger partial charge in [0, 0.05) is 58.0 Å². The van der Waals surface area contributed by atoms with Gasteiger partial charge in [-0.3, -0.25) is 14.4 Å². The highest BCUT2D eigenvalue weighted by Crippen LogP contribution is 2.42. The lowest BCUT2D eigenvalue weighted by Gasteiger charge is -2.25. The molecule has 11 nitrogen and oxygen atoms in total. The number of aliphatic carboxylic acids is 2. The monoisotopic (exact) mass is 670 g/mol. The average Bonchev–Trinajstić information content (AvgIpc) is 3.55. The summed E-state index contributed by atoms with van der Waals surface area (Å²) in [6.45, 7) is 7.59. The smallest absolute Gasteiger partial charge is 0.328 e. The van der Waals surface area contributed by atoms with E-state index in [2.05, 4.69) is 33.6 Å². The molecule has 4 aliphatic heterocycles. The summed E-state index contributed by atoms with van der Waals surface area (Å²) in [5.74, 6) is -1.13. The molecule has 5 heterocycles. The van der Waals surface area contributed by atoms with E-state index < -0.39 is 24.1 Å². The Balaban J connectivity index is 1.50. The first-order valence-electron chi connectivity index (χ1n) is 15.6. The number of hydrogen-bond donors (Lipinski definition) is 8. The number of H-pyrrole nitrogens is 1. The number of amides is 2. The lowest BCUT2D eigenvalue weighted by atomic mass is 9.85. The van der Waals surface area contributed by atoms with Crippen molar-refractivity contribution in [3.05, 3.63) is 56.6 Å². The first kappa shape index (κ1) is 33.9. The van der Waals surface area contributed by atoms with Gasteiger partial charge in [-0.25, -0.2) is 4.79 Å². The number of aromatic nitrogens is 1. The fourth-order valence-electron chi connectivity index (χ4n) is 7.09. The van der Waals surface area contributed by atoms with Crippen LogP contribution in [0.3, 0.4) is 0 Å². The molecule has 2 amide bonds. The highest BCUT2D eigenvalue weighted by Gasteiger charge is 2.44. The van der Waals surface area contributed by atoms with Gasteiger partial charge in [0.25, 0.3) is 0 Å². The Bertz CT molecular complexity index is 1570. The van der Waals surface area contributed by atoms with Crippen LogP contribution < -0.4 is 16.0 Å². The number of carboxylic acid groups (broad SMARTS) is 2. The van der Waals surface area contributed by atoms with Crippen molar-refractivity contribution in [3.8, 4) is 0 Å². The molecule has 1 aromatic heterocycles. The lowest BCUT2D eigenvalue weighted by Crippen LogP contribution is -2.36. The molecule has 0 spiro atoms. The number of aliphatic hydroxyl groups is 1. The van der Waals surface area contributed by atoms with Crippen LogP contribution in [-0.4, -0.2) is 78.9 Å². The van der Waals surface area contributed by atoms with Gasteiger partial charge < -0.3 is 36.3 Å². The van der Waals surface area contributed by atoms with Crippen LogP contribution in [0, 0.1) is 18.8 Å². The Labute approximate surface area is 277 Å². The average molecular weight is 671 g/mol. The Kier molecular flexibility index (Phi) is 10.1. The van der Waals surface area contributed by atoms with E-state index in [-0.39, 0.29) is 53.8 Å². The third-order valence-electron chi connectivity index (χ3n) is 9.84. The zero-order chi connectivity index (χ0) is 33.4. The summed E-state index contributed by atoms with van der Waals surface area (Å²) < 4.78 is 0. The molecule has 0 saturated carbocycles. The van der Waals surface area contributed by atoms with Crippen molar-refractivity contribution in [2.24, 2.45) is 11.8 Å². The van der Waals surface area contributed by atoms with Crippen molar-refractivity contribution < 1.29 is 34.5 Å². The molecule has 13 heteroatoms. The maximum atomic E-state index is 12.7. The van der Waals surface area contributed by atoms with E-state index >= 15 is 0 Å². The predicted molar refractivity (Wildman–Crippen MR) is 180 cm³/mol. The fraction of sp³-hybridized carbons (Fsp3) is 0.515. The van der Waals surface area contributed by atoms with Gasteiger partial charge in [0.2, 0.25) is 11.8 Å². The topological polar surface area (TPSA) is 181 Å². The minimum absolute atomic E-state index is 0.0220. The summed E-state index contributed by atoms with van der Waals surface area (Å²) >= 11 is 6.11. The molecular weight excluding hydrogens is 629 g/mol. The number of thioether (sulfide) groups is 1. The van der Waals surface area contributed by atoms with Gasteiger partial charge in [-0.1, -0.05) is 6.92 Å². The second-order valence-corrected chi connectivity index (χ2v) is 14.3. The molecule has 248 valence electrons. The maximum Gasteiger partial charge on any atom is 0.328 e. The van der Waals surface area contributed by atoms with Gasteiger partial charge >= 0.3 is 11.9 Å². The van der Waals surface area contributed by atoms with E-state index in [4.69, 9.17) is 0 Å². The number of carboxylic acids is 2. The van der Waals surface area contributed by atoms with Crippen LogP contribution in [0.5, 0.6) is 0 Å². The van der Waals surface area contributed by atoms with Crippen LogP contribution in [-0.2, 0) is 19.2 Å². The Morgan fingerprint density at radius 2 is 1.78 bits per heavy atom. The molecule has 7 N–H and O–H groups in total. The van der Waals surface area contributed by atoms with Crippen molar-refractivity contribution >= 4 is 60.3 Å². The highest BCUT2D eigenvalue weighted by molar-refractivity contribution is 8.07. The van der Waals surface area contributed by atoms with Gasteiger partial charge in [0.1, 0.15) is 6.10 Å². The van der Waals surface area contributed by atoms with Gasteiger partial charge in [-0.15, -0.1) is 0 Å². The Morgan fingerprint density at radius 1 is 1.09 bits per heavy atom. The fourth-order valence-corrected chi connectivity index (χ4v) is 8.11. The van der Waals surface area contributed by atoms with E-state index in [9.17, 15) is 34.5 Å². The predicted octanol–water partition coefficient (Wildman–Crippen LogP) is 3.34. The molecule has 1 aromatic rings. The number of thiol groups is 1. The minimum Gasteiger partial charge on any atom is -0.481 e. The van der Waals surface area contributed by atoms with Gasteiger partial charge in [-0.2, -0.15) is 24.4 Å². The van der Waals surface area contributed by atoms with Gasteiger partial charge in [0.15, 0.2) is 0 Å². The second-order valence-electron chi connectivity index (χ2n) is 12.6. The van der Waals surface area contributed by atoms with Gasteiger partial charge in [-0.05, 0) is 86.1 Å². The van der Waals surface area contributed by atoms with Crippen LogP contribution in [0.25, 0.3) is 12.2 Å². The molecule has 2 fully saturated rings. The van der Waals surface area contributed by atoms with Crippen LogP contribution in [0.4, 0.5) is 0 Å². The van der Waals surface area contributed by atoms with Crippen LogP contribution in [0.2, 0.25) is 0 Å². The number of allylic oxidation sites excluding steroid dienone is 1. The van der Waals surface area contributed by atoms with Crippen LogP contribution in [0.1, 0.15) is 75.1 Å². The number of carbonyl (C=O) groups is 4. The first-order chi connectivity index (χ1) is 21.8. The number of carbonyl (C=O) groups excluding carboxylic acids is 2. The molecule has 5 rings (SSSR count). The van der Waals surface area contributed by atoms with E-state index in [1.54, 1.807) is 18.7 Å². The highest BCUT2D eigenvalue weighted by atomic mass is 32.2. The molecule has 4 aliphatic rings. The van der Waals surface area contributed by atoms with E-state index in [0.717, 1.165) is 34.1 Å². The summed E-state index contributed by atoms with van der Waals surface area (Å²) in [6, 6.07) is -0.866. The minimum atomic E-state index is -1.13. The molecule has 0 bridgehead atoms. The number of rotatable bonds is 13. The number of nitrogens with one attached hydrogen (secondary N) is 4. The third kappa shape index (κ3) is 6.82. The summed E-state index contributed by atoms with van der Waals surface area (Å²) in [6.07, 6.45) is 4.66. The maximum absolute atomic E-state index is 12.7. The van der Waals surface area contributed by atoms with Crippen LogP contribution >= 0.6 is 24.4 Å². The summed E-state index contributed by atoms with van der Waals surface area (Å²) in [5.41, 5.74) is 6.61. The molecule has 2 unspecified atom stereocenters. The number of aliphatic hydroxyl groups excluding tert-OH is 1. The van der Waals surface area contributed by atoms with Crippen molar-refractivity contribution in [2.75, 3.05) is 11.5 Å². The van der Waals surface area contributed by atoms with E-state index in [1.165, 1.54) is 6.08 Å². The molecule has 0 radical (unpaired) electrons. The van der Waals surface area contributed by atoms with E-state index in [0.29, 0.717) is 46.8 Å². The molecule has 7 atom stereocenters. The Morgan fingerprint density at radius 3 is 2.41 bits per heavy atom. The van der Waals surface area contributed by atoms with E-state index in [1.807, 2.05) is 26.8 Å². The number of hydrogen-bond acceptors (Lipinski definition) is 8. The van der Waals surface area contributed by atoms with Crippen molar-refractivity contribution in [1.82, 2.24) is 20.9 Å². The third-order valence-corrected chi connectivity index (χ3v) is 11.0. The summed E-state index contributed by atoms with van der Waals surface area (Å²) in [4.78, 5) is 51.7. The zero-order valence-corrected chi connectivity index (χ0v) is 28.1. The molecule has 46 heavy (non-hydrogen) atoms. The molecule has 2 saturated heterocycles. The molecule has 0 aliphatic carbocycles. The van der Waals surface area contributed by atoms with Crippen molar-refractivity contribution in [3.63, 3.8) is 0 Å². The van der Waals surface area contributed by atoms with Crippen molar-refractivity contribution in [1.29, 1.82) is 0 Å². The van der Waals surface area contributed by atoms with Gasteiger partial charge in [0.05, 0.1) is 17.8 Å². The number of aromatic amines is 1. The Hall–Kier alpha value is -3.42. The largest absolute Gasteiger partial charge is 0.481 e. The SMILES string of the molecule is CC1=C(CCC(=O)O)/C(=C\c2[nH]c([C@H](O)C3NC(=O)[C@H](C)[C@H]3CCS)c(C)c2/C=C\C(=O)O)NC1C[C@H]1NC(=O)C([C@H]2CS2)=C1C. The zero-order valence-electron chi connectivity index (χ0n) is 26.3. The summed E-state index contributed by atoms with van der Waals surface area (Å²) in [5, 5.41) is 40.4. The molecule has 0 aromatic carbocycles. The molecular formula is C33H42N4O7S2. The standard InChI is InChI=1S/C33H42N4O7S2/c1-14-18(5-7-26(38)39)23(34-21(14)11-22-17(4)28(25-13-46-25)33(44)36-22)12-24-19(6-8-27(40)41)15(2)29(35-24)31(42)30-20(9-10-45)16(3)32(43)37-30/h6,8,12,16,20-22,25,30-31,34-35,42,45H,5,7,9-11,13H2,1-4H3,(H,36,44)(H,37,43)(H,38,39)(H,40,41)/b8-6-,23-12+/t16-,20-,21?,22-,25-,30?,31+/m1/s1. The van der Waals surface area contributed by atoms with Crippen LogP contribution in [0.15, 0.2) is 34.1 Å². The summed E-state index contributed by atoms with van der Waals surface area (Å²) in [7, 11) is 0. The quantitative estimate of drug-likeness (QED) is 0.0887. The first-order valence-corrected chi connectivity index (χ1v) is 17.3. The van der Waals surface area contributed by atoms with Crippen molar-refractivity contribution in [2.45, 2.75) is 82.9 Å². The normalized spacial score (nSPS) is 29.1. The lowest BCUT2D eigenvalue weighted by molar-refractivity contribution is -0.137. The second kappa shape index (κ2) is 13.7.